The summed E-state index contributed by atoms with van der Waals surface area (Å²) in [4.78, 5) is 0. The van der Waals surface area contributed by atoms with Crippen LogP contribution in [0.25, 0.3) is 0 Å². The van der Waals surface area contributed by atoms with Crippen LogP contribution in [0.2, 0.25) is 0 Å². The number of aliphatic hydroxyl groups excluding tert-OH is 1. The summed E-state index contributed by atoms with van der Waals surface area (Å²) in [5.74, 6) is 1.31. The molecule has 0 aliphatic carbocycles. The minimum Gasteiger partial charge on any atom is -0.489 e. The van der Waals surface area contributed by atoms with Crippen LogP contribution in [0.15, 0.2) is 121 Å². The number of fused-ring (bicyclic) bond motifs is 1. The number of ether oxygens (including phenoxy) is 4. The molecule has 212 valence electrons. The zero-order valence-electron chi connectivity index (χ0n) is 23.0. The molecule has 6 heteroatoms. The zero-order chi connectivity index (χ0) is 28.7. The van der Waals surface area contributed by atoms with E-state index >= 15 is 4.39 Å². The van der Waals surface area contributed by atoms with Crippen molar-refractivity contribution in [3.63, 3.8) is 0 Å². The van der Waals surface area contributed by atoms with E-state index in [-0.39, 0.29) is 18.8 Å². The van der Waals surface area contributed by atoms with Gasteiger partial charge >= 0.3 is 0 Å². The standard InChI is InChI=1S/C36H31FO5/c37-31-18-28(16-17-33(31)40-23-26-12-6-2-7-13-26)36-32(38)21-30-34(41-24-27-14-8-3-9-15-27)19-29(20-35(30)42-36)39-22-25-10-4-1-5-11-25/h1-20,32,36,38H,21-24H2/t32-,36?/m1/s1. The van der Waals surface area contributed by atoms with Crippen LogP contribution >= 0.6 is 0 Å². The van der Waals surface area contributed by atoms with Crippen molar-refractivity contribution in [3.05, 3.63) is 155 Å². The van der Waals surface area contributed by atoms with E-state index in [0.717, 1.165) is 22.3 Å². The maximum atomic E-state index is 15.1. The molecule has 0 spiro atoms. The Labute approximate surface area is 244 Å². The lowest BCUT2D eigenvalue weighted by molar-refractivity contribution is 0.0192. The number of hydrogen-bond acceptors (Lipinski definition) is 5. The van der Waals surface area contributed by atoms with Crippen molar-refractivity contribution in [2.75, 3.05) is 0 Å². The van der Waals surface area contributed by atoms with Crippen molar-refractivity contribution >= 4 is 0 Å². The predicted octanol–water partition coefficient (Wildman–Crippen LogP) is 7.60. The van der Waals surface area contributed by atoms with Gasteiger partial charge in [0.25, 0.3) is 0 Å². The summed E-state index contributed by atoms with van der Waals surface area (Å²) < 4.78 is 39.4. The molecule has 0 aromatic heterocycles. The van der Waals surface area contributed by atoms with Crippen LogP contribution in [0.4, 0.5) is 4.39 Å². The molecule has 0 fully saturated rings. The molecule has 1 unspecified atom stereocenters. The molecular formula is C36H31FO5. The van der Waals surface area contributed by atoms with Crippen LogP contribution in [0, 0.1) is 5.82 Å². The largest absolute Gasteiger partial charge is 0.489 e. The van der Waals surface area contributed by atoms with E-state index in [9.17, 15) is 5.11 Å². The quantitative estimate of drug-likeness (QED) is 0.190. The molecule has 42 heavy (non-hydrogen) atoms. The molecule has 0 bridgehead atoms. The van der Waals surface area contributed by atoms with Crippen molar-refractivity contribution in [2.24, 2.45) is 0 Å². The topological polar surface area (TPSA) is 57.2 Å². The second kappa shape index (κ2) is 12.8. The highest BCUT2D eigenvalue weighted by molar-refractivity contribution is 5.53. The molecule has 1 aliphatic rings. The molecule has 0 saturated heterocycles. The lowest BCUT2D eigenvalue weighted by Gasteiger charge is -2.32. The van der Waals surface area contributed by atoms with E-state index in [2.05, 4.69) is 0 Å². The molecule has 1 N–H and O–H groups in total. The molecule has 1 aliphatic heterocycles. The Morgan fingerprint density at radius 1 is 0.643 bits per heavy atom. The fourth-order valence-corrected chi connectivity index (χ4v) is 4.96. The molecule has 0 radical (unpaired) electrons. The molecular weight excluding hydrogens is 531 g/mol. The molecule has 1 heterocycles. The maximum absolute atomic E-state index is 15.1. The highest BCUT2D eigenvalue weighted by atomic mass is 19.1. The minimum atomic E-state index is -0.914. The average Bonchev–Trinajstić information content (AvgIpc) is 3.03. The SMILES string of the molecule is O[C@@H]1Cc2c(OCc3ccccc3)cc(OCc3ccccc3)cc2OC1c1ccc(OCc2ccccc2)c(F)c1. The van der Waals surface area contributed by atoms with Gasteiger partial charge in [-0.2, -0.15) is 0 Å². The molecule has 5 aromatic carbocycles. The van der Waals surface area contributed by atoms with E-state index in [1.807, 2.05) is 97.1 Å². The van der Waals surface area contributed by atoms with Gasteiger partial charge in [-0.25, -0.2) is 4.39 Å². The molecule has 5 nitrogen and oxygen atoms in total. The van der Waals surface area contributed by atoms with Gasteiger partial charge in [-0.1, -0.05) is 97.1 Å². The number of aliphatic hydroxyl groups is 1. The Hall–Kier alpha value is -4.81. The average molecular weight is 563 g/mol. The monoisotopic (exact) mass is 562 g/mol. The summed E-state index contributed by atoms with van der Waals surface area (Å²) in [6, 6.07) is 37.6. The fourth-order valence-electron chi connectivity index (χ4n) is 4.96. The van der Waals surface area contributed by atoms with Gasteiger partial charge in [0.05, 0.1) is 6.10 Å². The fraction of sp³-hybridized carbons (Fsp3) is 0.167. The lowest BCUT2D eigenvalue weighted by Crippen LogP contribution is -2.30. The number of hydrogen-bond donors (Lipinski definition) is 1. The maximum Gasteiger partial charge on any atom is 0.165 e. The van der Waals surface area contributed by atoms with Gasteiger partial charge in [0, 0.05) is 24.1 Å². The van der Waals surface area contributed by atoms with Crippen LogP contribution in [0.1, 0.15) is 33.9 Å². The van der Waals surface area contributed by atoms with Crippen molar-refractivity contribution in [2.45, 2.75) is 38.4 Å². The molecule has 0 amide bonds. The van der Waals surface area contributed by atoms with Crippen molar-refractivity contribution in [3.8, 4) is 23.0 Å². The first-order chi connectivity index (χ1) is 20.6. The lowest BCUT2D eigenvalue weighted by atomic mass is 9.94. The Morgan fingerprint density at radius 2 is 1.19 bits per heavy atom. The molecule has 0 saturated carbocycles. The smallest absolute Gasteiger partial charge is 0.165 e. The van der Waals surface area contributed by atoms with Gasteiger partial charge in [0.2, 0.25) is 0 Å². The van der Waals surface area contributed by atoms with Crippen LogP contribution < -0.4 is 18.9 Å². The van der Waals surface area contributed by atoms with Crippen LogP contribution in [0.5, 0.6) is 23.0 Å². The first-order valence-electron chi connectivity index (χ1n) is 13.9. The van der Waals surface area contributed by atoms with Gasteiger partial charge < -0.3 is 24.1 Å². The molecule has 5 aromatic rings. The normalized spacial score (nSPS) is 15.8. The van der Waals surface area contributed by atoms with Crippen molar-refractivity contribution in [1.29, 1.82) is 0 Å². The Balaban J connectivity index is 1.23. The van der Waals surface area contributed by atoms with Gasteiger partial charge in [0.15, 0.2) is 11.6 Å². The predicted molar refractivity (Wildman–Crippen MR) is 158 cm³/mol. The van der Waals surface area contributed by atoms with Gasteiger partial charge in [-0.3, -0.25) is 0 Å². The second-order valence-corrected chi connectivity index (χ2v) is 10.2. The summed E-state index contributed by atoms with van der Waals surface area (Å²) in [5.41, 5.74) is 4.24. The van der Waals surface area contributed by atoms with Crippen LogP contribution in [-0.4, -0.2) is 11.2 Å². The third-order valence-corrected chi connectivity index (χ3v) is 7.17. The van der Waals surface area contributed by atoms with Crippen molar-refractivity contribution in [1.82, 2.24) is 0 Å². The van der Waals surface area contributed by atoms with Crippen LogP contribution in [0.3, 0.4) is 0 Å². The first-order valence-corrected chi connectivity index (χ1v) is 13.9. The summed E-state index contributed by atoms with van der Waals surface area (Å²) in [7, 11) is 0. The third kappa shape index (κ3) is 6.56. The van der Waals surface area contributed by atoms with E-state index in [1.165, 1.54) is 6.07 Å². The van der Waals surface area contributed by atoms with E-state index in [1.54, 1.807) is 18.2 Å². The first kappa shape index (κ1) is 27.4. The summed E-state index contributed by atoms with van der Waals surface area (Å²) in [6.45, 7) is 0.981. The Kier molecular flexibility index (Phi) is 8.33. The van der Waals surface area contributed by atoms with E-state index < -0.39 is 18.0 Å². The highest BCUT2D eigenvalue weighted by Gasteiger charge is 2.33. The summed E-state index contributed by atoms with van der Waals surface area (Å²) in [6.07, 6.45) is -1.42. The Morgan fingerprint density at radius 3 is 1.76 bits per heavy atom. The van der Waals surface area contributed by atoms with Gasteiger partial charge in [-0.15, -0.1) is 0 Å². The summed E-state index contributed by atoms with van der Waals surface area (Å²) >= 11 is 0. The number of rotatable bonds is 10. The Bertz CT molecular complexity index is 1610. The molecule has 6 rings (SSSR count). The molecule has 2 atom stereocenters. The van der Waals surface area contributed by atoms with E-state index in [4.69, 9.17) is 18.9 Å². The second-order valence-electron chi connectivity index (χ2n) is 10.2. The summed E-state index contributed by atoms with van der Waals surface area (Å²) in [5, 5.41) is 11.1. The van der Waals surface area contributed by atoms with Gasteiger partial charge in [-0.05, 0) is 34.4 Å². The third-order valence-electron chi connectivity index (χ3n) is 7.17. The highest BCUT2D eigenvalue weighted by Crippen LogP contribution is 2.43. The van der Waals surface area contributed by atoms with E-state index in [0.29, 0.717) is 36.0 Å². The van der Waals surface area contributed by atoms with Crippen LogP contribution in [-0.2, 0) is 26.2 Å². The number of benzene rings is 5. The zero-order valence-corrected chi connectivity index (χ0v) is 23.0. The number of halogens is 1. The van der Waals surface area contributed by atoms with Gasteiger partial charge in [0.1, 0.15) is 43.2 Å². The van der Waals surface area contributed by atoms with Crippen molar-refractivity contribution < 1.29 is 28.4 Å². The minimum absolute atomic E-state index is 0.140.